The van der Waals surface area contributed by atoms with Gasteiger partial charge in [0.1, 0.15) is 0 Å². The molecule has 0 atom stereocenters. The van der Waals surface area contributed by atoms with Gasteiger partial charge in [0.25, 0.3) is 5.76 Å². The molecular weight excluding hydrogens is 372 g/mol. The van der Waals surface area contributed by atoms with Gasteiger partial charge in [-0.25, -0.2) is 0 Å². The second-order valence-corrected chi connectivity index (χ2v) is 6.77. The molecule has 0 aliphatic rings. The third-order valence-corrected chi connectivity index (χ3v) is 4.45. The summed E-state index contributed by atoms with van der Waals surface area (Å²) in [5.41, 5.74) is 4.43. The molecule has 26 heavy (non-hydrogen) atoms. The summed E-state index contributed by atoms with van der Waals surface area (Å²) >= 11 is 5.69. The van der Waals surface area contributed by atoms with E-state index >= 15 is 0 Å². The molecule has 0 amide bonds. The van der Waals surface area contributed by atoms with Crippen LogP contribution in [0.2, 0.25) is 0 Å². The number of thioether (sulfide) groups is 1. The van der Waals surface area contributed by atoms with Crippen LogP contribution in [0.4, 0.5) is 14.5 Å². The number of halogens is 2. The Kier molecular flexibility index (Phi) is 6.14. The van der Waals surface area contributed by atoms with Gasteiger partial charge >= 0.3 is 0 Å². The van der Waals surface area contributed by atoms with E-state index < -0.39 is 5.76 Å². The Morgan fingerprint density at radius 2 is 1.73 bits per heavy atom. The third kappa shape index (κ3) is 5.00. The van der Waals surface area contributed by atoms with Crippen molar-refractivity contribution in [3.63, 3.8) is 0 Å². The number of fused-ring (bicyclic) bond motifs is 1. The first-order valence-corrected chi connectivity index (χ1v) is 9.03. The van der Waals surface area contributed by atoms with Crippen LogP contribution in [-0.2, 0) is 0 Å². The van der Waals surface area contributed by atoms with E-state index in [0.29, 0.717) is 27.5 Å². The molecule has 0 heterocycles. The van der Waals surface area contributed by atoms with E-state index in [9.17, 15) is 8.78 Å². The lowest BCUT2D eigenvalue weighted by Crippen LogP contribution is -2.23. The highest BCUT2D eigenvalue weighted by atomic mass is 32.2. The lowest BCUT2D eigenvalue weighted by molar-refractivity contribution is 0.252. The molecule has 0 spiro atoms. The fourth-order valence-electron chi connectivity index (χ4n) is 2.40. The highest BCUT2D eigenvalue weighted by Crippen LogP contribution is 2.26. The van der Waals surface area contributed by atoms with E-state index in [-0.39, 0.29) is 0 Å². The van der Waals surface area contributed by atoms with E-state index in [1.54, 1.807) is 30.5 Å². The van der Waals surface area contributed by atoms with Gasteiger partial charge in [0.05, 0.1) is 6.21 Å². The number of rotatable bonds is 5. The number of nitrogens with zero attached hydrogens (tertiary/aromatic N) is 1. The van der Waals surface area contributed by atoms with Gasteiger partial charge in [0.2, 0.25) is 0 Å². The zero-order valence-electron chi connectivity index (χ0n) is 13.5. The summed E-state index contributed by atoms with van der Waals surface area (Å²) in [5.74, 6) is -2.43. The molecule has 132 valence electrons. The van der Waals surface area contributed by atoms with Crippen molar-refractivity contribution in [2.24, 2.45) is 5.10 Å². The fraction of sp³-hybridized carbons (Fsp3) is 0.0526. The van der Waals surface area contributed by atoms with Crippen molar-refractivity contribution < 1.29 is 8.78 Å². The molecule has 0 saturated carbocycles. The maximum absolute atomic E-state index is 12.3. The van der Waals surface area contributed by atoms with Crippen molar-refractivity contribution in [2.45, 2.75) is 10.7 Å². The lowest BCUT2D eigenvalue weighted by Gasteiger charge is -2.08. The summed E-state index contributed by atoms with van der Waals surface area (Å²) in [7, 11) is 0. The topological polar surface area (TPSA) is 36.4 Å². The Bertz CT molecular complexity index is 922. The van der Waals surface area contributed by atoms with E-state index in [2.05, 4.69) is 15.8 Å². The molecule has 0 bridgehead atoms. The number of hydrazone groups is 1. The van der Waals surface area contributed by atoms with Gasteiger partial charge in [-0.15, -0.1) is 0 Å². The summed E-state index contributed by atoms with van der Waals surface area (Å²) in [5, 5.41) is 9.68. The molecule has 0 saturated heterocycles. The van der Waals surface area contributed by atoms with E-state index in [4.69, 9.17) is 12.2 Å². The number of alkyl halides is 2. The van der Waals surface area contributed by atoms with Gasteiger partial charge in [0.15, 0.2) is 5.11 Å². The molecule has 0 radical (unpaired) electrons. The SMILES string of the molecule is FC(F)Sc1ccc(NC(=S)N/N=C\c2cccc3ccccc23)cc1. The van der Waals surface area contributed by atoms with Gasteiger partial charge < -0.3 is 5.32 Å². The number of thiocarbonyl (C=S) groups is 1. The highest BCUT2D eigenvalue weighted by molar-refractivity contribution is 7.99. The average Bonchev–Trinajstić information content (AvgIpc) is 2.63. The number of nitrogens with one attached hydrogen (secondary N) is 2. The van der Waals surface area contributed by atoms with E-state index in [0.717, 1.165) is 16.3 Å². The van der Waals surface area contributed by atoms with E-state index in [1.807, 2.05) is 42.5 Å². The van der Waals surface area contributed by atoms with Crippen molar-refractivity contribution in [1.29, 1.82) is 0 Å². The van der Waals surface area contributed by atoms with Gasteiger partial charge in [-0.05, 0) is 47.3 Å². The van der Waals surface area contributed by atoms with Gasteiger partial charge in [-0.2, -0.15) is 13.9 Å². The minimum atomic E-state index is -2.43. The largest absolute Gasteiger partial charge is 0.331 e. The van der Waals surface area contributed by atoms with Crippen LogP contribution in [0.15, 0.2) is 76.7 Å². The molecule has 0 aliphatic heterocycles. The van der Waals surface area contributed by atoms with Crippen molar-refractivity contribution in [2.75, 3.05) is 5.32 Å². The Labute approximate surface area is 159 Å². The van der Waals surface area contributed by atoms with Crippen LogP contribution in [0.5, 0.6) is 0 Å². The van der Waals surface area contributed by atoms with Crippen LogP contribution in [-0.4, -0.2) is 17.1 Å². The molecule has 3 aromatic carbocycles. The Morgan fingerprint density at radius 3 is 2.50 bits per heavy atom. The molecule has 0 fully saturated rings. The van der Waals surface area contributed by atoms with E-state index in [1.165, 1.54) is 0 Å². The van der Waals surface area contributed by atoms with Gasteiger partial charge in [0, 0.05) is 16.1 Å². The molecule has 0 unspecified atom stereocenters. The first kappa shape index (κ1) is 18.3. The van der Waals surface area contributed by atoms with Crippen LogP contribution in [0.3, 0.4) is 0 Å². The minimum absolute atomic E-state index is 0.316. The first-order valence-electron chi connectivity index (χ1n) is 7.74. The van der Waals surface area contributed by atoms with Crippen molar-refractivity contribution in [3.05, 3.63) is 72.3 Å². The molecule has 7 heteroatoms. The summed E-state index contributed by atoms with van der Waals surface area (Å²) in [6.07, 6.45) is 1.71. The second-order valence-electron chi connectivity index (χ2n) is 5.30. The monoisotopic (exact) mass is 387 g/mol. The smallest absolute Gasteiger partial charge is 0.288 e. The van der Waals surface area contributed by atoms with Gasteiger partial charge in [-0.3, -0.25) is 5.43 Å². The zero-order valence-corrected chi connectivity index (χ0v) is 15.2. The summed E-state index contributed by atoms with van der Waals surface area (Å²) < 4.78 is 24.6. The molecule has 3 nitrogen and oxygen atoms in total. The fourth-order valence-corrected chi connectivity index (χ4v) is 3.07. The Hall–Kier alpha value is -2.51. The van der Waals surface area contributed by atoms with Crippen LogP contribution in [0.1, 0.15) is 5.56 Å². The predicted octanol–water partition coefficient (Wildman–Crippen LogP) is 5.48. The second kappa shape index (κ2) is 8.73. The van der Waals surface area contributed by atoms with Crippen molar-refractivity contribution in [1.82, 2.24) is 5.43 Å². The Balaban J connectivity index is 1.59. The predicted molar refractivity (Wildman–Crippen MR) is 109 cm³/mol. The molecule has 0 aliphatic carbocycles. The number of hydrogen-bond acceptors (Lipinski definition) is 3. The van der Waals surface area contributed by atoms with Crippen LogP contribution < -0.4 is 10.7 Å². The van der Waals surface area contributed by atoms with Crippen LogP contribution >= 0.6 is 24.0 Å². The number of benzene rings is 3. The van der Waals surface area contributed by atoms with Crippen molar-refractivity contribution >= 4 is 51.8 Å². The molecule has 3 rings (SSSR count). The Morgan fingerprint density at radius 1 is 1.00 bits per heavy atom. The first-order chi connectivity index (χ1) is 12.6. The zero-order chi connectivity index (χ0) is 18.4. The number of anilines is 1. The highest BCUT2D eigenvalue weighted by Gasteiger charge is 2.05. The van der Waals surface area contributed by atoms with Gasteiger partial charge in [-0.1, -0.05) is 54.2 Å². The summed E-state index contributed by atoms with van der Waals surface area (Å²) in [6, 6.07) is 20.6. The average molecular weight is 387 g/mol. The van der Waals surface area contributed by atoms with Crippen LogP contribution in [0.25, 0.3) is 10.8 Å². The minimum Gasteiger partial charge on any atom is -0.331 e. The molecule has 0 aromatic heterocycles. The van der Waals surface area contributed by atoms with Crippen molar-refractivity contribution in [3.8, 4) is 0 Å². The normalized spacial score (nSPS) is 11.2. The quantitative estimate of drug-likeness (QED) is 0.263. The standard InChI is InChI=1S/C19H15F2N3S2/c20-18(21)26-16-10-8-15(9-11-16)23-19(25)24-22-12-14-6-3-5-13-4-1-2-7-17(13)14/h1-12,18H,(H2,23,24,25)/b22-12-. The maximum Gasteiger partial charge on any atom is 0.288 e. The molecule has 3 aromatic rings. The maximum atomic E-state index is 12.3. The summed E-state index contributed by atoms with van der Waals surface area (Å²) in [4.78, 5) is 0.499. The summed E-state index contributed by atoms with van der Waals surface area (Å²) in [6.45, 7) is 0. The van der Waals surface area contributed by atoms with Crippen LogP contribution in [0, 0.1) is 0 Å². The molecule has 2 N–H and O–H groups in total. The third-order valence-electron chi connectivity index (χ3n) is 3.53. The lowest BCUT2D eigenvalue weighted by atomic mass is 10.1. The number of hydrogen-bond donors (Lipinski definition) is 2. The molecular formula is C19H15F2N3S2.